The minimum Gasteiger partial charge on any atom is -0.213 e. The predicted octanol–water partition coefficient (Wildman–Crippen LogP) is 5.21. The molecule has 0 unspecified atom stereocenters. The standard InChI is InChI=1S/C18H26N2/c1-2-3-7-14-10-12-16(13-11-14)18-19-17(20-18)15-8-5-4-6-9-15/h10,12,15H,2-9,11,13H2,1H3. The Labute approximate surface area is 122 Å². The molecule has 2 heteroatoms. The summed E-state index contributed by atoms with van der Waals surface area (Å²) in [6, 6.07) is 0. The summed E-state index contributed by atoms with van der Waals surface area (Å²) in [6.45, 7) is 2.26. The maximum atomic E-state index is 4.73. The van der Waals surface area contributed by atoms with Crippen LogP contribution in [0.3, 0.4) is 0 Å². The van der Waals surface area contributed by atoms with Crippen LogP contribution in [0.15, 0.2) is 33.3 Å². The Hall–Kier alpha value is -1.18. The summed E-state index contributed by atoms with van der Waals surface area (Å²) in [5.41, 5.74) is 2.96. The van der Waals surface area contributed by atoms with Gasteiger partial charge in [0.15, 0.2) is 5.84 Å². The Balaban J connectivity index is 1.54. The topological polar surface area (TPSA) is 24.7 Å². The van der Waals surface area contributed by atoms with Gasteiger partial charge in [-0.3, -0.25) is 0 Å². The Morgan fingerprint density at radius 2 is 1.85 bits per heavy atom. The molecule has 2 nitrogen and oxygen atoms in total. The van der Waals surface area contributed by atoms with Gasteiger partial charge in [0.25, 0.3) is 0 Å². The molecule has 0 N–H and O–H groups in total. The number of hydrogen-bond acceptors (Lipinski definition) is 2. The molecule has 0 radical (unpaired) electrons. The maximum Gasteiger partial charge on any atom is 0.159 e. The third-order valence-corrected chi connectivity index (χ3v) is 4.79. The summed E-state index contributed by atoms with van der Waals surface area (Å²) in [4.78, 5) is 9.45. The maximum absolute atomic E-state index is 4.73. The van der Waals surface area contributed by atoms with Crippen LogP contribution >= 0.6 is 0 Å². The van der Waals surface area contributed by atoms with Gasteiger partial charge >= 0.3 is 0 Å². The van der Waals surface area contributed by atoms with Gasteiger partial charge < -0.3 is 0 Å². The van der Waals surface area contributed by atoms with Gasteiger partial charge in [0.1, 0.15) is 5.84 Å². The fourth-order valence-corrected chi connectivity index (χ4v) is 3.39. The largest absolute Gasteiger partial charge is 0.213 e. The first-order valence-electron chi connectivity index (χ1n) is 8.43. The molecular weight excluding hydrogens is 244 g/mol. The van der Waals surface area contributed by atoms with Gasteiger partial charge in [0, 0.05) is 5.92 Å². The third kappa shape index (κ3) is 3.11. The second kappa shape index (κ2) is 6.51. The average Bonchev–Trinajstić information content (AvgIpc) is 2.46. The molecule has 0 spiro atoms. The van der Waals surface area contributed by atoms with Crippen LogP contribution in [-0.4, -0.2) is 11.7 Å². The molecule has 0 atom stereocenters. The zero-order valence-corrected chi connectivity index (χ0v) is 12.7. The van der Waals surface area contributed by atoms with E-state index in [4.69, 9.17) is 9.98 Å². The number of unbranched alkanes of at least 4 members (excludes halogenated alkanes) is 1. The highest BCUT2D eigenvalue weighted by molar-refractivity contribution is 6.19. The molecule has 0 aromatic heterocycles. The van der Waals surface area contributed by atoms with E-state index in [2.05, 4.69) is 19.1 Å². The van der Waals surface area contributed by atoms with Crippen LogP contribution in [0.25, 0.3) is 0 Å². The molecule has 0 aromatic carbocycles. The average molecular weight is 270 g/mol. The van der Waals surface area contributed by atoms with Crippen LogP contribution in [0.2, 0.25) is 0 Å². The molecule has 0 aromatic rings. The van der Waals surface area contributed by atoms with E-state index in [-0.39, 0.29) is 0 Å². The highest BCUT2D eigenvalue weighted by Crippen LogP contribution is 2.30. The molecule has 0 saturated heterocycles. The van der Waals surface area contributed by atoms with Gasteiger partial charge in [0.05, 0.1) is 0 Å². The molecule has 0 amide bonds. The van der Waals surface area contributed by atoms with Gasteiger partial charge in [-0.15, -0.1) is 0 Å². The van der Waals surface area contributed by atoms with Crippen molar-refractivity contribution < 1.29 is 0 Å². The molecule has 1 saturated carbocycles. The van der Waals surface area contributed by atoms with Gasteiger partial charge in [-0.25, -0.2) is 9.98 Å². The lowest BCUT2D eigenvalue weighted by molar-refractivity contribution is 0.436. The Bertz CT molecular complexity index is 474. The summed E-state index contributed by atoms with van der Waals surface area (Å²) < 4.78 is 0. The van der Waals surface area contributed by atoms with E-state index < -0.39 is 0 Å². The number of hydrogen-bond donors (Lipinski definition) is 0. The number of aliphatic imine (C=N–C) groups is 2. The summed E-state index contributed by atoms with van der Waals surface area (Å²) in [7, 11) is 0. The van der Waals surface area contributed by atoms with Crippen molar-refractivity contribution in [2.45, 2.75) is 71.1 Å². The van der Waals surface area contributed by atoms with E-state index in [1.807, 2.05) is 0 Å². The van der Waals surface area contributed by atoms with Crippen LogP contribution in [0.4, 0.5) is 0 Å². The number of rotatable bonds is 5. The molecule has 108 valence electrons. The predicted molar refractivity (Wildman–Crippen MR) is 86.4 cm³/mol. The Kier molecular flexibility index (Phi) is 4.49. The van der Waals surface area contributed by atoms with Gasteiger partial charge in [0.2, 0.25) is 0 Å². The normalized spacial score (nSPS) is 23.4. The van der Waals surface area contributed by atoms with Gasteiger partial charge in [-0.2, -0.15) is 0 Å². The summed E-state index contributed by atoms with van der Waals surface area (Å²) in [5.74, 6) is 2.82. The molecule has 1 fully saturated rings. The molecular formula is C18H26N2. The lowest BCUT2D eigenvalue weighted by atomic mass is 9.87. The van der Waals surface area contributed by atoms with Crippen LogP contribution < -0.4 is 0 Å². The first kappa shape index (κ1) is 13.8. The van der Waals surface area contributed by atoms with Crippen molar-refractivity contribution >= 4 is 11.7 Å². The van der Waals surface area contributed by atoms with Crippen LogP contribution in [0.5, 0.6) is 0 Å². The lowest BCUT2D eigenvalue weighted by Crippen LogP contribution is -2.25. The fourth-order valence-electron chi connectivity index (χ4n) is 3.39. The monoisotopic (exact) mass is 270 g/mol. The second-order valence-corrected chi connectivity index (χ2v) is 6.36. The fraction of sp³-hybridized carbons (Fsp3) is 0.667. The first-order valence-corrected chi connectivity index (χ1v) is 8.43. The van der Waals surface area contributed by atoms with Crippen molar-refractivity contribution in [3.63, 3.8) is 0 Å². The number of nitrogens with zero attached hydrogens (tertiary/aromatic N) is 2. The summed E-state index contributed by atoms with van der Waals surface area (Å²) in [5, 5.41) is 0. The van der Waals surface area contributed by atoms with Crippen molar-refractivity contribution in [2.75, 3.05) is 0 Å². The van der Waals surface area contributed by atoms with Crippen LogP contribution in [0.1, 0.15) is 71.1 Å². The molecule has 0 bridgehead atoms. The Morgan fingerprint density at radius 3 is 2.50 bits per heavy atom. The zero-order chi connectivity index (χ0) is 13.8. The lowest BCUT2D eigenvalue weighted by Gasteiger charge is -2.26. The van der Waals surface area contributed by atoms with Crippen molar-refractivity contribution in [2.24, 2.45) is 15.9 Å². The van der Waals surface area contributed by atoms with Gasteiger partial charge in [-0.05, 0) is 44.1 Å². The van der Waals surface area contributed by atoms with E-state index in [0.29, 0.717) is 5.92 Å². The highest BCUT2D eigenvalue weighted by atomic mass is 15.1. The van der Waals surface area contributed by atoms with Crippen LogP contribution in [-0.2, 0) is 0 Å². The third-order valence-electron chi connectivity index (χ3n) is 4.79. The SMILES string of the molecule is CCCCC1=CC=C(C2=NC(C3CCCCC3)=N2)CC1. The van der Waals surface area contributed by atoms with Crippen molar-refractivity contribution in [1.29, 1.82) is 0 Å². The minimum atomic E-state index is 0.660. The van der Waals surface area contributed by atoms with Crippen molar-refractivity contribution in [3.05, 3.63) is 23.3 Å². The quantitative estimate of drug-likeness (QED) is 0.655. The zero-order valence-electron chi connectivity index (χ0n) is 12.7. The van der Waals surface area contributed by atoms with Crippen molar-refractivity contribution in [3.8, 4) is 0 Å². The van der Waals surface area contributed by atoms with E-state index >= 15 is 0 Å². The Morgan fingerprint density at radius 1 is 1.05 bits per heavy atom. The van der Waals surface area contributed by atoms with E-state index in [1.165, 1.54) is 63.4 Å². The van der Waals surface area contributed by atoms with E-state index in [9.17, 15) is 0 Å². The molecule has 20 heavy (non-hydrogen) atoms. The van der Waals surface area contributed by atoms with E-state index in [1.54, 1.807) is 5.57 Å². The smallest absolute Gasteiger partial charge is 0.159 e. The molecule has 3 rings (SSSR count). The molecule has 1 heterocycles. The number of allylic oxidation sites excluding steroid dienone is 3. The minimum absolute atomic E-state index is 0.660. The van der Waals surface area contributed by atoms with Gasteiger partial charge in [-0.1, -0.05) is 50.3 Å². The van der Waals surface area contributed by atoms with Crippen molar-refractivity contribution in [1.82, 2.24) is 0 Å². The van der Waals surface area contributed by atoms with E-state index in [0.717, 1.165) is 18.1 Å². The molecule has 3 aliphatic rings. The number of amidine groups is 2. The highest BCUT2D eigenvalue weighted by Gasteiger charge is 2.26. The second-order valence-electron chi connectivity index (χ2n) is 6.36. The summed E-state index contributed by atoms with van der Waals surface area (Å²) >= 11 is 0. The first-order chi connectivity index (χ1) is 9.86. The van der Waals surface area contributed by atoms with Crippen LogP contribution in [0, 0.1) is 5.92 Å². The summed E-state index contributed by atoms with van der Waals surface area (Å²) in [6.07, 6.45) is 17.5. The molecule has 2 aliphatic carbocycles. The molecule has 1 aliphatic heterocycles.